The van der Waals surface area contributed by atoms with Crippen LogP contribution in [0.15, 0.2) is 54.0 Å². The number of fused-ring (bicyclic) bond motifs is 1. The molecule has 9 heteroatoms. The van der Waals surface area contributed by atoms with Crippen LogP contribution in [0.4, 0.5) is 19.0 Å². The highest BCUT2D eigenvalue weighted by Crippen LogP contribution is 2.45. The Morgan fingerprint density at radius 2 is 2.03 bits per heavy atom. The third kappa shape index (κ3) is 3.87. The molecule has 1 aromatic carbocycles. The molecule has 0 saturated heterocycles. The van der Waals surface area contributed by atoms with Crippen molar-refractivity contribution in [3.05, 3.63) is 70.0 Å². The van der Waals surface area contributed by atoms with E-state index in [-0.39, 0.29) is 23.7 Å². The zero-order valence-corrected chi connectivity index (χ0v) is 16.4. The maximum absolute atomic E-state index is 13.7. The van der Waals surface area contributed by atoms with Gasteiger partial charge < -0.3 is 10.2 Å². The van der Waals surface area contributed by atoms with Gasteiger partial charge in [0.1, 0.15) is 11.4 Å². The van der Waals surface area contributed by atoms with Crippen molar-refractivity contribution in [2.45, 2.75) is 31.2 Å². The average molecular weight is 420 g/mol. The molecule has 4 rings (SSSR count). The molecule has 1 aliphatic rings. The van der Waals surface area contributed by atoms with E-state index in [9.17, 15) is 18.0 Å². The first kappa shape index (κ1) is 19.5. The fourth-order valence-electron chi connectivity index (χ4n) is 3.53. The van der Waals surface area contributed by atoms with Crippen molar-refractivity contribution >= 4 is 23.1 Å². The Kier molecular flexibility index (Phi) is 5.08. The van der Waals surface area contributed by atoms with Gasteiger partial charge in [-0.25, -0.2) is 4.68 Å². The van der Waals surface area contributed by atoms with Crippen LogP contribution in [0.5, 0.6) is 0 Å². The minimum absolute atomic E-state index is 0.113. The van der Waals surface area contributed by atoms with Gasteiger partial charge in [-0.1, -0.05) is 36.4 Å². The molecular weight excluding hydrogens is 401 g/mol. The standard InChI is InChI=1S/C20H19F3N4OS/c1-26(12-13-6-3-2-4-7-13)19(28)14-11-24-27-17(20(21,22)23)10-15(25-18(14)27)16-8-5-9-29-16/h2-9,11,15,17,25H,10,12H2,1H3/t15-,17-/m1/s1. The second-order valence-corrected chi connectivity index (χ2v) is 7.98. The summed E-state index contributed by atoms with van der Waals surface area (Å²) in [6, 6.07) is 10.7. The van der Waals surface area contributed by atoms with Crippen LogP contribution in [0.2, 0.25) is 0 Å². The average Bonchev–Trinajstić information content (AvgIpc) is 3.36. The highest BCUT2D eigenvalue weighted by atomic mass is 32.1. The van der Waals surface area contributed by atoms with E-state index in [1.54, 1.807) is 19.2 Å². The number of benzene rings is 1. The third-order valence-corrected chi connectivity index (χ3v) is 5.95. The van der Waals surface area contributed by atoms with Gasteiger partial charge in [-0.15, -0.1) is 11.3 Å². The number of nitrogens with one attached hydrogen (secondary N) is 1. The molecule has 29 heavy (non-hydrogen) atoms. The zero-order valence-electron chi connectivity index (χ0n) is 15.6. The molecule has 1 aliphatic heterocycles. The number of carbonyl (C=O) groups is 1. The maximum Gasteiger partial charge on any atom is 0.410 e. The van der Waals surface area contributed by atoms with Gasteiger partial charge in [0.15, 0.2) is 6.04 Å². The molecule has 0 aliphatic carbocycles. The molecule has 0 saturated carbocycles. The van der Waals surface area contributed by atoms with Gasteiger partial charge in [0, 0.05) is 24.9 Å². The topological polar surface area (TPSA) is 50.2 Å². The number of halogens is 3. The number of thiophene rings is 1. The smallest absolute Gasteiger partial charge is 0.362 e. The summed E-state index contributed by atoms with van der Waals surface area (Å²) in [6.07, 6.45) is -3.41. The molecule has 3 heterocycles. The largest absolute Gasteiger partial charge is 0.410 e. The number of amides is 1. The summed E-state index contributed by atoms with van der Waals surface area (Å²) >= 11 is 1.39. The molecule has 1 N–H and O–H groups in total. The first-order chi connectivity index (χ1) is 13.8. The number of carbonyl (C=O) groups excluding carboxylic acids is 1. The molecule has 1 amide bonds. The van der Waals surface area contributed by atoms with E-state index in [2.05, 4.69) is 10.4 Å². The highest BCUT2D eigenvalue weighted by molar-refractivity contribution is 7.10. The molecule has 3 aromatic rings. The van der Waals surface area contributed by atoms with Gasteiger partial charge in [-0.3, -0.25) is 4.79 Å². The lowest BCUT2D eigenvalue weighted by atomic mass is 10.0. The van der Waals surface area contributed by atoms with E-state index in [0.717, 1.165) is 15.1 Å². The minimum Gasteiger partial charge on any atom is -0.362 e. The highest BCUT2D eigenvalue weighted by Gasteiger charge is 2.47. The molecule has 2 atom stereocenters. The predicted molar refractivity (Wildman–Crippen MR) is 105 cm³/mol. The molecule has 152 valence electrons. The summed E-state index contributed by atoms with van der Waals surface area (Å²) in [5, 5.41) is 8.86. The number of hydrogen-bond acceptors (Lipinski definition) is 4. The molecule has 0 unspecified atom stereocenters. The van der Waals surface area contributed by atoms with Crippen molar-refractivity contribution < 1.29 is 18.0 Å². The molecule has 0 fully saturated rings. The van der Waals surface area contributed by atoms with Crippen LogP contribution in [-0.4, -0.2) is 33.8 Å². The second kappa shape index (κ2) is 7.55. The minimum atomic E-state index is -4.46. The summed E-state index contributed by atoms with van der Waals surface area (Å²) in [7, 11) is 1.63. The third-order valence-electron chi connectivity index (χ3n) is 4.96. The van der Waals surface area contributed by atoms with Crippen LogP contribution in [-0.2, 0) is 6.54 Å². The Balaban J connectivity index is 1.65. The Morgan fingerprint density at radius 1 is 1.28 bits per heavy atom. The molecule has 0 bridgehead atoms. The number of nitrogens with zero attached hydrogens (tertiary/aromatic N) is 3. The lowest BCUT2D eigenvalue weighted by molar-refractivity contribution is -0.173. The normalized spacial score (nSPS) is 18.8. The molecular formula is C20H19F3N4OS. The molecule has 5 nitrogen and oxygen atoms in total. The van der Waals surface area contributed by atoms with Crippen molar-refractivity contribution in [2.75, 3.05) is 12.4 Å². The summed E-state index contributed by atoms with van der Waals surface area (Å²) in [5.74, 6) is -0.266. The number of alkyl halides is 3. The van der Waals surface area contributed by atoms with Crippen LogP contribution in [0.1, 0.15) is 39.3 Å². The van der Waals surface area contributed by atoms with Gasteiger partial charge in [0.25, 0.3) is 5.91 Å². The van der Waals surface area contributed by atoms with E-state index in [0.29, 0.717) is 6.54 Å². The fourth-order valence-corrected chi connectivity index (χ4v) is 4.32. The number of anilines is 1. The zero-order chi connectivity index (χ0) is 20.6. The van der Waals surface area contributed by atoms with Crippen LogP contribution in [0.3, 0.4) is 0 Å². The predicted octanol–water partition coefficient (Wildman–Crippen LogP) is 4.88. The van der Waals surface area contributed by atoms with Crippen LogP contribution < -0.4 is 5.32 Å². The van der Waals surface area contributed by atoms with E-state index in [4.69, 9.17) is 0 Å². The second-order valence-electron chi connectivity index (χ2n) is 7.00. The van der Waals surface area contributed by atoms with Gasteiger partial charge in [0.2, 0.25) is 0 Å². The summed E-state index contributed by atoms with van der Waals surface area (Å²) in [5.41, 5.74) is 1.07. The molecule has 0 spiro atoms. The summed E-state index contributed by atoms with van der Waals surface area (Å²) < 4.78 is 42.0. The Morgan fingerprint density at radius 3 is 2.69 bits per heavy atom. The Labute approximate surface area is 169 Å². The first-order valence-electron chi connectivity index (χ1n) is 9.08. The van der Waals surface area contributed by atoms with E-state index < -0.39 is 18.3 Å². The quantitative estimate of drug-likeness (QED) is 0.655. The van der Waals surface area contributed by atoms with Crippen LogP contribution in [0.25, 0.3) is 0 Å². The van der Waals surface area contributed by atoms with E-state index in [1.807, 2.05) is 35.7 Å². The number of rotatable bonds is 4. The fraction of sp³-hybridized carbons (Fsp3) is 0.300. The van der Waals surface area contributed by atoms with Crippen molar-refractivity contribution in [2.24, 2.45) is 0 Å². The summed E-state index contributed by atoms with van der Waals surface area (Å²) in [6.45, 7) is 0.349. The van der Waals surface area contributed by atoms with E-state index in [1.165, 1.54) is 22.4 Å². The Hall–Kier alpha value is -2.81. The SMILES string of the molecule is CN(Cc1ccccc1)C(=O)c1cnn2c1N[C@@H](c1cccs1)C[C@@H]2C(F)(F)F. The first-order valence-corrected chi connectivity index (χ1v) is 9.96. The van der Waals surface area contributed by atoms with Crippen molar-refractivity contribution in [3.8, 4) is 0 Å². The van der Waals surface area contributed by atoms with Gasteiger partial charge in [0.05, 0.1) is 12.2 Å². The van der Waals surface area contributed by atoms with Crippen molar-refractivity contribution in [3.63, 3.8) is 0 Å². The molecule has 2 aromatic heterocycles. The number of aromatic nitrogens is 2. The lowest BCUT2D eigenvalue weighted by Gasteiger charge is -2.33. The van der Waals surface area contributed by atoms with Crippen molar-refractivity contribution in [1.29, 1.82) is 0 Å². The number of hydrogen-bond donors (Lipinski definition) is 1. The maximum atomic E-state index is 13.7. The van der Waals surface area contributed by atoms with E-state index >= 15 is 0 Å². The summed E-state index contributed by atoms with van der Waals surface area (Å²) in [4.78, 5) is 15.3. The van der Waals surface area contributed by atoms with Crippen LogP contribution >= 0.6 is 11.3 Å². The molecule has 0 radical (unpaired) electrons. The van der Waals surface area contributed by atoms with Gasteiger partial charge in [-0.2, -0.15) is 18.3 Å². The van der Waals surface area contributed by atoms with Crippen molar-refractivity contribution in [1.82, 2.24) is 14.7 Å². The lowest BCUT2D eigenvalue weighted by Crippen LogP contribution is -2.36. The Bertz CT molecular complexity index is 985. The van der Waals surface area contributed by atoms with Gasteiger partial charge in [-0.05, 0) is 17.0 Å². The monoisotopic (exact) mass is 420 g/mol. The van der Waals surface area contributed by atoms with Crippen LogP contribution in [0, 0.1) is 0 Å². The van der Waals surface area contributed by atoms with Gasteiger partial charge >= 0.3 is 6.18 Å².